The van der Waals surface area contributed by atoms with Crippen molar-refractivity contribution in [1.29, 1.82) is 0 Å². The van der Waals surface area contributed by atoms with Crippen LogP contribution < -0.4 is 14.8 Å². The molecular weight excluding hydrogens is 380 g/mol. The minimum atomic E-state index is -0.457. The van der Waals surface area contributed by atoms with Gasteiger partial charge in [0.25, 0.3) is 5.69 Å². The van der Waals surface area contributed by atoms with E-state index >= 15 is 0 Å². The average molecular weight is 404 g/mol. The number of amides is 1. The van der Waals surface area contributed by atoms with Crippen molar-refractivity contribution in [3.63, 3.8) is 0 Å². The van der Waals surface area contributed by atoms with E-state index in [1.165, 1.54) is 19.1 Å². The third kappa shape index (κ3) is 9.04. The molecule has 1 N–H and O–H groups in total. The van der Waals surface area contributed by atoms with E-state index in [1.807, 2.05) is 0 Å². The number of non-ortho nitro benzene ring substituents is 1. The van der Waals surface area contributed by atoms with Crippen molar-refractivity contribution in [2.24, 2.45) is 0 Å². The maximum atomic E-state index is 11.0. The van der Waals surface area contributed by atoms with Crippen molar-refractivity contribution in [2.45, 2.75) is 6.92 Å². The zero-order valence-electron chi connectivity index (χ0n) is 16.2. The number of nitro benzene ring substituents is 1. The van der Waals surface area contributed by atoms with Crippen molar-refractivity contribution >= 4 is 17.3 Å². The van der Waals surface area contributed by atoms with Gasteiger partial charge in [0.2, 0.25) is 5.91 Å². The SMILES string of the molecule is CC(=O)Nc1ccc(OCCOCCOCCOc2ccc([N+](=O)[O-])cc2)cc1. The molecule has 2 rings (SSSR count). The lowest BCUT2D eigenvalue weighted by atomic mass is 10.3. The Labute approximate surface area is 168 Å². The summed E-state index contributed by atoms with van der Waals surface area (Å²) < 4.78 is 21.8. The third-order valence-electron chi connectivity index (χ3n) is 3.59. The van der Waals surface area contributed by atoms with Crippen molar-refractivity contribution in [3.05, 3.63) is 58.6 Å². The van der Waals surface area contributed by atoms with Crippen LogP contribution in [0.3, 0.4) is 0 Å². The largest absolute Gasteiger partial charge is 0.491 e. The maximum absolute atomic E-state index is 11.0. The summed E-state index contributed by atoms with van der Waals surface area (Å²) in [4.78, 5) is 21.1. The molecule has 156 valence electrons. The van der Waals surface area contributed by atoms with Crippen LogP contribution in [0.15, 0.2) is 48.5 Å². The van der Waals surface area contributed by atoms with E-state index in [-0.39, 0.29) is 11.6 Å². The van der Waals surface area contributed by atoms with Gasteiger partial charge >= 0.3 is 0 Å². The zero-order chi connectivity index (χ0) is 20.9. The van der Waals surface area contributed by atoms with Gasteiger partial charge < -0.3 is 24.3 Å². The molecule has 2 aromatic carbocycles. The highest BCUT2D eigenvalue weighted by Crippen LogP contribution is 2.17. The van der Waals surface area contributed by atoms with E-state index in [9.17, 15) is 14.9 Å². The molecule has 0 unspecified atom stereocenters. The van der Waals surface area contributed by atoms with Crippen LogP contribution in [0.25, 0.3) is 0 Å². The van der Waals surface area contributed by atoms with Crippen LogP contribution in [-0.2, 0) is 14.3 Å². The molecular formula is C20H24N2O7. The number of hydrogen-bond acceptors (Lipinski definition) is 7. The number of ether oxygens (including phenoxy) is 4. The smallest absolute Gasteiger partial charge is 0.269 e. The summed E-state index contributed by atoms with van der Waals surface area (Å²) in [5, 5.41) is 13.3. The topological polar surface area (TPSA) is 109 Å². The van der Waals surface area contributed by atoms with Gasteiger partial charge in [-0.2, -0.15) is 0 Å². The van der Waals surface area contributed by atoms with Crippen LogP contribution in [0.1, 0.15) is 6.92 Å². The standard InChI is InChI=1S/C20H24N2O7/c1-16(23)21-17-2-6-19(7-3-17)28-14-12-26-10-11-27-13-15-29-20-8-4-18(5-9-20)22(24)25/h2-9H,10-15H2,1H3,(H,21,23). The second kappa shape index (κ2) is 12.3. The number of hydrogen-bond donors (Lipinski definition) is 1. The van der Waals surface area contributed by atoms with Gasteiger partial charge in [0, 0.05) is 24.7 Å². The van der Waals surface area contributed by atoms with Gasteiger partial charge in [-0.05, 0) is 36.4 Å². The average Bonchev–Trinajstić information content (AvgIpc) is 2.70. The monoisotopic (exact) mass is 404 g/mol. The minimum absolute atomic E-state index is 0.0248. The summed E-state index contributed by atoms with van der Waals surface area (Å²) in [6, 6.07) is 13.0. The molecule has 0 aliphatic rings. The first-order valence-corrected chi connectivity index (χ1v) is 9.08. The fraction of sp³-hybridized carbons (Fsp3) is 0.350. The molecule has 9 heteroatoms. The molecule has 0 spiro atoms. The molecule has 0 aliphatic heterocycles. The first-order valence-electron chi connectivity index (χ1n) is 9.08. The van der Waals surface area contributed by atoms with E-state index in [4.69, 9.17) is 18.9 Å². The van der Waals surface area contributed by atoms with Gasteiger partial charge in [-0.15, -0.1) is 0 Å². The van der Waals surface area contributed by atoms with Gasteiger partial charge in [-0.1, -0.05) is 0 Å². The second-order valence-electron chi connectivity index (χ2n) is 5.88. The van der Waals surface area contributed by atoms with Gasteiger partial charge in [0.05, 0.1) is 31.4 Å². The maximum Gasteiger partial charge on any atom is 0.269 e. The van der Waals surface area contributed by atoms with Crippen molar-refractivity contribution in [1.82, 2.24) is 0 Å². The summed E-state index contributed by atoms with van der Waals surface area (Å²) in [5.41, 5.74) is 0.743. The van der Waals surface area contributed by atoms with E-state index in [2.05, 4.69) is 5.32 Å². The summed E-state index contributed by atoms with van der Waals surface area (Å²) in [5.74, 6) is 1.13. The van der Waals surface area contributed by atoms with Crippen LogP contribution in [0.4, 0.5) is 11.4 Å². The fourth-order valence-electron chi connectivity index (χ4n) is 2.26. The summed E-state index contributed by atoms with van der Waals surface area (Å²) in [6.07, 6.45) is 0. The third-order valence-corrected chi connectivity index (χ3v) is 3.59. The Morgan fingerprint density at radius 3 is 1.72 bits per heavy atom. The van der Waals surface area contributed by atoms with Gasteiger partial charge in [-0.3, -0.25) is 14.9 Å². The molecule has 29 heavy (non-hydrogen) atoms. The van der Waals surface area contributed by atoms with E-state index < -0.39 is 4.92 Å². The lowest BCUT2D eigenvalue weighted by molar-refractivity contribution is -0.384. The number of nitrogens with zero attached hydrogens (tertiary/aromatic N) is 1. The first-order chi connectivity index (χ1) is 14.0. The van der Waals surface area contributed by atoms with Gasteiger partial charge in [0.15, 0.2) is 0 Å². The van der Waals surface area contributed by atoms with Crippen LogP contribution in [0.2, 0.25) is 0 Å². The Balaban J connectivity index is 1.45. The number of carbonyl (C=O) groups is 1. The Hall–Kier alpha value is -3.17. The highest BCUT2D eigenvalue weighted by molar-refractivity contribution is 5.88. The van der Waals surface area contributed by atoms with Crippen LogP contribution in [0.5, 0.6) is 11.5 Å². The molecule has 0 bridgehead atoms. The second-order valence-corrected chi connectivity index (χ2v) is 5.88. The molecule has 0 fully saturated rings. The summed E-state index contributed by atoms with van der Waals surface area (Å²) in [6.45, 7) is 3.88. The number of nitro groups is 1. The number of rotatable bonds is 13. The molecule has 0 atom stereocenters. The number of benzene rings is 2. The Morgan fingerprint density at radius 2 is 1.28 bits per heavy atom. The molecule has 9 nitrogen and oxygen atoms in total. The molecule has 0 saturated carbocycles. The van der Waals surface area contributed by atoms with Crippen LogP contribution >= 0.6 is 0 Å². The van der Waals surface area contributed by atoms with Crippen LogP contribution in [0, 0.1) is 10.1 Å². The number of carbonyl (C=O) groups excluding carboxylic acids is 1. The molecule has 0 heterocycles. The highest BCUT2D eigenvalue weighted by atomic mass is 16.6. The number of anilines is 1. The van der Waals surface area contributed by atoms with E-state index in [0.29, 0.717) is 51.1 Å². The predicted molar refractivity (Wildman–Crippen MR) is 106 cm³/mol. The van der Waals surface area contributed by atoms with Crippen LogP contribution in [-0.4, -0.2) is 50.5 Å². The highest BCUT2D eigenvalue weighted by Gasteiger charge is 2.04. The fourth-order valence-corrected chi connectivity index (χ4v) is 2.26. The molecule has 0 aromatic heterocycles. The van der Waals surface area contributed by atoms with Crippen molar-refractivity contribution in [3.8, 4) is 11.5 Å². The van der Waals surface area contributed by atoms with Gasteiger partial charge in [-0.25, -0.2) is 0 Å². The molecule has 0 radical (unpaired) electrons. The normalized spacial score (nSPS) is 10.4. The van der Waals surface area contributed by atoms with Gasteiger partial charge in [0.1, 0.15) is 24.7 Å². The molecule has 2 aromatic rings. The zero-order valence-corrected chi connectivity index (χ0v) is 16.2. The Bertz CT molecular complexity index is 763. The molecule has 0 saturated heterocycles. The van der Waals surface area contributed by atoms with E-state index in [0.717, 1.165) is 5.69 Å². The summed E-state index contributed by atoms with van der Waals surface area (Å²) in [7, 11) is 0. The number of nitrogens with one attached hydrogen (secondary N) is 1. The lowest BCUT2D eigenvalue weighted by Gasteiger charge is -2.09. The van der Waals surface area contributed by atoms with Crippen molar-refractivity contribution in [2.75, 3.05) is 45.0 Å². The summed E-state index contributed by atoms with van der Waals surface area (Å²) >= 11 is 0. The van der Waals surface area contributed by atoms with E-state index in [1.54, 1.807) is 36.4 Å². The quantitative estimate of drug-likeness (QED) is 0.310. The predicted octanol–water partition coefficient (Wildman–Crippen LogP) is 3.04. The Morgan fingerprint density at radius 1 is 0.828 bits per heavy atom. The molecule has 0 aliphatic carbocycles. The minimum Gasteiger partial charge on any atom is -0.491 e. The van der Waals surface area contributed by atoms with Crippen molar-refractivity contribution < 1.29 is 28.7 Å². The molecule has 1 amide bonds. The lowest BCUT2D eigenvalue weighted by Crippen LogP contribution is -2.13. The Kier molecular flexibility index (Phi) is 9.40. The first kappa shape index (κ1) is 22.1.